The van der Waals surface area contributed by atoms with E-state index in [1.165, 1.54) is 17.7 Å². The van der Waals surface area contributed by atoms with Crippen molar-refractivity contribution in [1.82, 2.24) is 10.0 Å². The van der Waals surface area contributed by atoms with Gasteiger partial charge in [-0.3, -0.25) is 4.79 Å². The van der Waals surface area contributed by atoms with Crippen molar-refractivity contribution in [3.8, 4) is 5.75 Å². The van der Waals surface area contributed by atoms with Gasteiger partial charge in [0.05, 0.1) is 24.1 Å². The Kier molecular flexibility index (Phi) is 6.13. The van der Waals surface area contributed by atoms with Gasteiger partial charge in [0, 0.05) is 0 Å². The van der Waals surface area contributed by atoms with Gasteiger partial charge in [0.25, 0.3) is 0 Å². The molecule has 6 nitrogen and oxygen atoms in total. The molecule has 0 bridgehead atoms. The van der Waals surface area contributed by atoms with E-state index in [0.29, 0.717) is 12.4 Å². The third-order valence-electron chi connectivity index (χ3n) is 4.57. The van der Waals surface area contributed by atoms with E-state index in [0.717, 1.165) is 24.8 Å². The predicted molar refractivity (Wildman–Crippen MR) is 103 cm³/mol. The lowest BCUT2D eigenvalue weighted by Crippen LogP contribution is -2.39. The summed E-state index contributed by atoms with van der Waals surface area (Å²) < 4.78 is 32.4. The van der Waals surface area contributed by atoms with Crippen LogP contribution in [0, 0.1) is 0 Å². The first-order chi connectivity index (χ1) is 13.0. The first-order valence-corrected chi connectivity index (χ1v) is 10.6. The van der Waals surface area contributed by atoms with Gasteiger partial charge in [-0.05, 0) is 61.6 Å². The molecule has 27 heavy (non-hydrogen) atoms. The Labute approximate surface area is 160 Å². The molecule has 2 aromatic rings. The third kappa shape index (κ3) is 4.87. The first kappa shape index (κ1) is 19.4. The molecule has 0 aromatic heterocycles. The van der Waals surface area contributed by atoms with Crippen molar-refractivity contribution in [2.45, 2.75) is 37.1 Å². The number of sulfonamides is 1. The van der Waals surface area contributed by atoms with Crippen molar-refractivity contribution in [1.29, 1.82) is 0 Å². The van der Waals surface area contributed by atoms with Crippen LogP contribution in [0.4, 0.5) is 0 Å². The highest BCUT2D eigenvalue weighted by molar-refractivity contribution is 7.89. The molecular weight excluding hydrogens is 364 g/mol. The van der Waals surface area contributed by atoms with Crippen molar-refractivity contribution in [2.75, 3.05) is 13.2 Å². The van der Waals surface area contributed by atoms with Crippen LogP contribution >= 0.6 is 0 Å². The number of hydrogen-bond donors (Lipinski definition) is 2. The van der Waals surface area contributed by atoms with Crippen LogP contribution in [0.5, 0.6) is 5.75 Å². The molecule has 3 rings (SSSR count). The summed E-state index contributed by atoms with van der Waals surface area (Å²) in [5, 5.41) is 2.94. The first-order valence-electron chi connectivity index (χ1n) is 9.09. The number of nitrogens with one attached hydrogen (secondary N) is 2. The molecule has 0 spiro atoms. The number of rotatable bonds is 7. The number of amides is 1. The summed E-state index contributed by atoms with van der Waals surface area (Å²) in [4.78, 5) is 12.4. The molecule has 1 amide bonds. The fraction of sp³-hybridized carbons (Fsp3) is 0.350. The van der Waals surface area contributed by atoms with Crippen LogP contribution in [-0.2, 0) is 21.2 Å². The third-order valence-corrected chi connectivity index (χ3v) is 5.99. The second-order valence-corrected chi connectivity index (χ2v) is 8.21. The van der Waals surface area contributed by atoms with Crippen molar-refractivity contribution >= 4 is 15.9 Å². The minimum Gasteiger partial charge on any atom is -0.494 e. The number of benzene rings is 2. The van der Waals surface area contributed by atoms with Crippen molar-refractivity contribution in [3.05, 3.63) is 59.7 Å². The van der Waals surface area contributed by atoms with E-state index < -0.39 is 10.0 Å². The standard InChI is InChI=1S/C20H24N2O4S/c1-2-26-16-10-12-17(13-11-16)27(24,25)21-14-20(23)22-19-9-5-7-15-6-3-4-8-18(15)19/h3-4,6,8,10-13,19,21H,2,5,7,9,14H2,1H3,(H,22,23)/t19-/m1/s1. The van der Waals surface area contributed by atoms with Crippen LogP contribution in [0.2, 0.25) is 0 Å². The Balaban J connectivity index is 1.59. The molecule has 1 aliphatic carbocycles. The van der Waals surface area contributed by atoms with Gasteiger partial charge < -0.3 is 10.1 Å². The number of carbonyl (C=O) groups excluding carboxylic acids is 1. The SMILES string of the molecule is CCOc1ccc(S(=O)(=O)NCC(=O)N[C@@H]2CCCc3ccccc32)cc1. The number of carbonyl (C=O) groups is 1. The fourth-order valence-corrected chi connectivity index (χ4v) is 4.26. The van der Waals surface area contributed by atoms with Gasteiger partial charge in [0.15, 0.2) is 0 Å². The maximum absolute atomic E-state index is 12.4. The molecule has 0 fully saturated rings. The van der Waals surface area contributed by atoms with Crippen LogP contribution < -0.4 is 14.8 Å². The zero-order valence-electron chi connectivity index (χ0n) is 15.3. The van der Waals surface area contributed by atoms with Gasteiger partial charge in [0.2, 0.25) is 15.9 Å². The van der Waals surface area contributed by atoms with Crippen LogP contribution in [0.3, 0.4) is 0 Å². The Bertz CT molecular complexity index is 894. The predicted octanol–water partition coefficient (Wildman–Crippen LogP) is 2.56. The monoisotopic (exact) mass is 388 g/mol. The summed E-state index contributed by atoms with van der Waals surface area (Å²) >= 11 is 0. The highest BCUT2D eigenvalue weighted by Gasteiger charge is 2.22. The number of fused-ring (bicyclic) bond motifs is 1. The lowest BCUT2D eigenvalue weighted by Gasteiger charge is -2.26. The van der Waals surface area contributed by atoms with Crippen molar-refractivity contribution in [2.24, 2.45) is 0 Å². The summed E-state index contributed by atoms with van der Waals surface area (Å²) in [6.45, 7) is 2.07. The highest BCUT2D eigenvalue weighted by atomic mass is 32.2. The van der Waals surface area contributed by atoms with Gasteiger partial charge in [0.1, 0.15) is 5.75 Å². The van der Waals surface area contributed by atoms with E-state index in [9.17, 15) is 13.2 Å². The molecule has 2 N–H and O–H groups in total. The molecular formula is C20H24N2O4S. The van der Waals surface area contributed by atoms with E-state index in [1.807, 2.05) is 25.1 Å². The summed E-state index contributed by atoms with van der Waals surface area (Å²) in [5.41, 5.74) is 2.36. The average Bonchev–Trinajstić information content (AvgIpc) is 2.68. The largest absolute Gasteiger partial charge is 0.494 e. The van der Waals surface area contributed by atoms with Crippen LogP contribution in [0.25, 0.3) is 0 Å². The summed E-state index contributed by atoms with van der Waals surface area (Å²) in [5.74, 6) is 0.261. The van der Waals surface area contributed by atoms with E-state index in [2.05, 4.69) is 16.1 Å². The normalized spacial score (nSPS) is 16.4. The van der Waals surface area contributed by atoms with Gasteiger partial charge >= 0.3 is 0 Å². The maximum atomic E-state index is 12.4. The molecule has 0 radical (unpaired) electrons. The second kappa shape index (κ2) is 8.54. The quantitative estimate of drug-likeness (QED) is 0.763. The summed E-state index contributed by atoms with van der Waals surface area (Å²) in [7, 11) is -3.75. The Morgan fingerprint density at radius 1 is 1.15 bits per heavy atom. The molecule has 2 aromatic carbocycles. The average molecular weight is 388 g/mol. The molecule has 1 atom stereocenters. The molecule has 7 heteroatoms. The minimum absolute atomic E-state index is 0.0718. The molecule has 144 valence electrons. The van der Waals surface area contributed by atoms with E-state index >= 15 is 0 Å². The molecule has 0 heterocycles. The molecule has 0 aliphatic heterocycles. The minimum atomic E-state index is -3.75. The number of hydrogen-bond acceptors (Lipinski definition) is 4. The van der Waals surface area contributed by atoms with Crippen LogP contribution in [-0.4, -0.2) is 27.5 Å². The number of ether oxygens (including phenoxy) is 1. The van der Waals surface area contributed by atoms with Gasteiger partial charge in [-0.25, -0.2) is 13.1 Å². The van der Waals surface area contributed by atoms with Crippen LogP contribution in [0.15, 0.2) is 53.4 Å². The highest BCUT2D eigenvalue weighted by Crippen LogP contribution is 2.29. The van der Waals surface area contributed by atoms with Crippen molar-refractivity contribution < 1.29 is 17.9 Å². The fourth-order valence-electron chi connectivity index (χ4n) is 3.27. The maximum Gasteiger partial charge on any atom is 0.241 e. The van der Waals surface area contributed by atoms with E-state index in [1.54, 1.807) is 12.1 Å². The zero-order valence-corrected chi connectivity index (χ0v) is 16.1. The van der Waals surface area contributed by atoms with Crippen molar-refractivity contribution in [3.63, 3.8) is 0 Å². The Morgan fingerprint density at radius 3 is 2.63 bits per heavy atom. The second-order valence-electron chi connectivity index (χ2n) is 6.44. The van der Waals surface area contributed by atoms with Crippen LogP contribution in [0.1, 0.15) is 36.9 Å². The number of aryl methyl sites for hydroxylation is 1. The molecule has 0 saturated heterocycles. The molecule has 1 aliphatic rings. The lowest BCUT2D eigenvalue weighted by molar-refractivity contribution is -0.120. The van der Waals surface area contributed by atoms with E-state index in [4.69, 9.17) is 4.74 Å². The molecule has 0 saturated carbocycles. The molecule has 0 unspecified atom stereocenters. The Morgan fingerprint density at radius 2 is 1.89 bits per heavy atom. The van der Waals surface area contributed by atoms with Gasteiger partial charge in [-0.1, -0.05) is 24.3 Å². The topological polar surface area (TPSA) is 84.5 Å². The lowest BCUT2D eigenvalue weighted by atomic mass is 9.88. The van der Waals surface area contributed by atoms with Gasteiger partial charge in [-0.2, -0.15) is 0 Å². The summed E-state index contributed by atoms with van der Waals surface area (Å²) in [6, 6.07) is 14.1. The Hall–Kier alpha value is -2.38. The van der Waals surface area contributed by atoms with E-state index in [-0.39, 0.29) is 23.4 Å². The zero-order chi connectivity index (χ0) is 19.3. The van der Waals surface area contributed by atoms with Gasteiger partial charge in [-0.15, -0.1) is 0 Å². The summed E-state index contributed by atoms with van der Waals surface area (Å²) in [6.07, 6.45) is 2.86. The smallest absolute Gasteiger partial charge is 0.241 e.